The molecule has 2 saturated carbocycles. The van der Waals surface area contributed by atoms with Gasteiger partial charge >= 0.3 is 0 Å². The fourth-order valence-electron chi connectivity index (χ4n) is 5.04. The summed E-state index contributed by atoms with van der Waals surface area (Å²) in [7, 11) is 0. The number of benzene rings is 1. The molecule has 114 valence electrons. The van der Waals surface area contributed by atoms with Gasteiger partial charge in [-0.1, -0.05) is 18.6 Å². The average molecular weight is 314 g/mol. The molecule has 1 aromatic heterocycles. The molecule has 2 aliphatic carbocycles. The van der Waals surface area contributed by atoms with Crippen LogP contribution in [-0.2, 0) is 4.74 Å². The fraction of sp³-hybridized carbons (Fsp3) is 0.529. The van der Waals surface area contributed by atoms with Gasteiger partial charge in [0.05, 0.1) is 23.0 Å². The molecule has 22 heavy (non-hydrogen) atoms. The van der Waals surface area contributed by atoms with Gasteiger partial charge in [-0.2, -0.15) is 0 Å². The largest absolute Gasteiger partial charge is 0.377 e. The van der Waals surface area contributed by atoms with Crippen molar-refractivity contribution in [2.75, 3.05) is 6.61 Å². The fourth-order valence-corrected chi connectivity index (χ4v) is 5.35. The Balaban J connectivity index is 1.74. The first-order valence-electron chi connectivity index (χ1n) is 8.07. The molecule has 3 atom stereocenters. The molecule has 2 aromatic rings. The minimum absolute atomic E-state index is 0.0565. The van der Waals surface area contributed by atoms with Crippen molar-refractivity contribution in [2.24, 2.45) is 11.3 Å². The van der Waals surface area contributed by atoms with E-state index in [2.05, 4.69) is 4.98 Å². The van der Waals surface area contributed by atoms with Gasteiger partial charge in [-0.15, -0.1) is 0 Å². The van der Waals surface area contributed by atoms with Crippen LogP contribution >= 0.6 is 12.2 Å². The summed E-state index contributed by atoms with van der Waals surface area (Å²) >= 11 is 5.54. The lowest BCUT2D eigenvalue weighted by Crippen LogP contribution is -2.64. The third-order valence-electron chi connectivity index (χ3n) is 6.10. The summed E-state index contributed by atoms with van der Waals surface area (Å²) < 4.78 is 8.40. The quantitative estimate of drug-likeness (QED) is 0.822. The maximum absolute atomic E-state index is 13.0. The Morgan fingerprint density at radius 2 is 2.14 bits per heavy atom. The number of para-hydroxylation sites is 1. The van der Waals surface area contributed by atoms with E-state index in [-0.39, 0.29) is 17.0 Å². The standard InChI is InChI=1S/C17H18N2O2S/c20-15-10-4-1-2-5-12(10)18-16(22)19(15)13-11-6-9-21-14(11)17(13)7-3-8-17/h1-2,4-5,11,13-14H,3,6-9H2,(H,18,22). The molecule has 2 heterocycles. The van der Waals surface area contributed by atoms with E-state index < -0.39 is 0 Å². The van der Waals surface area contributed by atoms with Crippen LogP contribution in [0, 0.1) is 16.1 Å². The number of hydrogen-bond acceptors (Lipinski definition) is 3. The van der Waals surface area contributed by atoms with Crippen LogP contribution in [0.2, 0.25) is 0 Å². The highest BCUT2D eigenvalue weighted by atomic mass is 32.1. The second kappa shape index (κ2) is 4.30. The van der Waals surface area contributed by atoms with Gasteiger partial charge in [0.25, 0.3) is 5.56 Å². The third-order valence-corrected chi connectivity index (χ3v) is 6.40. The van der Waals surface area contributed by atoms with Gasteiger partial charge in [0, 0.05) is 17.9 Å². The molecule has 1 N–H and O–H groups in total. The number of H-pyrrole nitrogens is 1. The van der Waals surface area contributed by atoms with Gasteiger partial charge in [-0.05, 0) is 43.6 Å². The first-order chi connectivity index (χ1) is 10.7. The van der Waals surface area contributed by atoms with E-state index in [0.29, 0.717) is 16.8 Å². The minimum atomic E-state index is 0.0565. The molecule has 3 fully saturated rings. The van der Waals surface area contributed by atoms with E-state index in [0.717, 1.165) is 36.8 Å². The van der Waals surface area contributed by atoms with E-state index in [1.807, 2.05) is 28.8 Å². The van der Waals surface area contributed by atoms with Gasteiger partial charge in [-0.3, -0.25) is 9.36 Å². The van der Waals surface area contributed by atoms with Crippen LogP contribution in [0.5, 0.6) is 0 Å². The molecule has 1 spiro atoms. The van der Waals surface area contributed by atoms with Crippen LogP contribution in [0.4, 0.5) is 0 Å². The maximum Gasteiger partial charge on any atom is 0.262 e. The molecule has 0 bridgehead atoms. The number of rotatable bonds is 1. The Labute approximate surface area is 133 Å². The number of aromatic amines is 1. The number of aromatic nitrogens is 2. The summed E-state index contributed by atoms with van der Waals surface area (Å²) in [6, 6.07) is 7.85. The minimum Gasteiger partial charge on any atom is -0.377 e. The Morgan fingerprint density at radius 1 is 1.32 bits per heavy atom. The van der Waals surface area contributed by atoms with E-state index in [9.17, 15) is 4.79 Å². The van der Waals surface area contributed by atoms with Crippen LogP contribution in [0.3, 0.4) is 0 Å². The van der Waals surface area contributed by atoms with Crippen molar-refractivity contribution in [3.8, 4) is 0 Å². The lowest BCUT2D eigenvalue weighted by atomic mass is 9.46. The number of nitrogens with one attached hydrogen (secondary N) is 1. The summed E-state index contributed by atoms with van der Waals surface area (Å²) in [6.07, 6.45) is 4.95. The molecule has 3 unspecified atom stereocenters. The average Bonchev–Trinajstić information content (AvgIpc) is 2.86. The molecule has 5 heteroatoms. The number of nitrogens with zero attached hydrogens (tertiary/aromatic N) is 1. The summed E-state index contributed by atoms with van der Waals surface area (Å²) in [5, 5.41) is 0.730. The monoisotopic (exact) mass is 314 g/mol. The molecule has 1 aromatic carbocycles. The van der Waals surface area contributed by atoms with E-state index in [4.69, 9.17) is 17.0 Å². The zero-order valence-corrected chi connectivity index (χ0v) is 13.1. The van der Waals surface area contributed by atoms with Gasteiger partial charge in [0.15, 0.2) is 4.77 Å². The molecule has 0 radical (unpaired) electrons. The van der Waals surface area contributed by atoms with Crippen molar-refractivity contribution in [3.63, 3.8) is 0 Å². The maximum atomic E-state index is 13.0. The molecule has 0 amide bonds. The van der Waals surface area contributed by atoms with Gasteiger partial charge in [0.1, 0.15) is 0 Å². The highest BCUT2D eigenvalue weighted by molar-refractivity contribution is 7.71. The van der Waals surface area contributed by atoms with Crippen molar-refractivity contribution in [1.29, 1.82) is 0 Å². The summed E-state index contributed by atoms with van der Waals surface area (Å²) in [6.45, 7) is 0.826. The zero-order valence-electron chi connectivity index (χ0n) is 12.2. The van der Waals surface area contributed by atoms with Gasteiger partial charge in [0.2, 0.25) is 0 Å². The van der Waals surface area contributed by atoms with Crippen LogP contribution in [0.25, 0.3) is 10.9 Å². The lowest BCUT2D eigenvalue weighted by molar-refractivity contribution is -0.193. The second-order valence-electron chi connectivity index (χ2n) is 6.93. The topological polar surface area (TPSA) is 47.0 Å². The first-order valence-corrected chi connectivity index (χ1v) is 8.48. The molecule has 1 aliphatic heterocycles. The number of fused-ring (bicyclic) bond motifs is 3. The van der Waals surface area contributed by atoms with Crippen LogP contribution in [0.15, 0.2) is 29.1 Å². The van der Waals surface area contributed by atoms with Gasteiger partial charge < -0.3 is 9.72 Å². The van der Waals surface area contributed by atoms with E-state index >= 15 is 0 Å². The van der Waals surface area contributed by atoms with E-state index in [1.54, 1.807) is 0 Å². The van der Waals surface area contributed by atoms with Crippen molar-refractivity contribution in [1.82, 2.24) is 9.55 Å². The highest BCUT2D eigenvalue weighted by Crippen LogP contribution is 2.68. The van der Waals surface area contributed by atoms with Crippen LogP contribution < -0.4 is 5.56 Å². The predicted octanol–water partition coefficient (Wildman–Crippen LogP) is 3.19. The second-order valence-corrected chi connectivity index (χ2v) is 7.31. The molecule has 3 aliphatic rings. The first kappa shape index (κ1) is 13.0. The Kier molecular flexibility index (Phi) is 2.54. The SMILES string of the molecule is O=c1c2ccccc2[nH]c(=S)n1C1C2CCOC2C12CCC2. The summed E-state index contributed by atoms with van der Waals surface area (Å²) in [4.78, 5) is 16.3. The van der Waals surface area contributed by atoms with Crippen molar-refractivity contribution >= 4 is 23.1 Å². The zero-order chi connectivity index (χ0) is 14.9. The molecule has 5 rings (SSSR count). The van der Waals surface area contributed by atoms with E-state index in [1.165, 1.54) is 6.42 Å². The Morgan fingerprint density at radius 3 is 2.91 bits per heavy atom. The van der Waals surface area contributed by atoms with Crippen molar-refractivity contribution in [2.45, 2.75) is 37.8 Å². The summed E-state index contributed by atoms with van der Waals surface area (Å²) in [5.74, 6) is 0.453. The Hall–Kier alpha value is -1.46. The number of ether oxygens (including phenoxy) is 1. The molecule has 1 saturated heterocycles. The normalized spacial score (nSPS) is 31.7. The molecular formula is C17H18N2O2S. The van der Waals surface area contributed by atoms with Crippen molar-refractivity contribution in [3.05, 3.63) is 39.4 Å². The van der Waals surface area contributed by atoms with Gasteiger partial charge in [-0.25, -0.2) is 0 Å². The van der Waals surface area contributed by atoms with Crippen LogP contribution in [0.1, 0.15) is 31.7 Å². The van der Waals surface area contributed by atoms with Crippen LogP contribution in [-0.4, -0.2) is 22.3 Å². The third kappa shape index (κ3) is 1.41. The smallest absolute Gasteiger partial charge is 0.262 e. The predicted molar refractivity (Wildman–Crippen MR) is 86.6 cm³/mol. The summed E-state index contributed by atoms with van der Waals surface area (Å²) in [5.41, 5.74) is 1.05. The lowest BCUT2D eigenvalue weighted by Gasteiger charge is -2.63. The molecular weight excluding hydrogens is 296 g/mol. The Bertz CT molecular complexity index is 880. The number of hydrogen-bond donors (Lipinski definition) is 1. The molecule has 4 nitrogen and oxygen atoms in total. The van der Waals surface area contributed by atoms with Crippen molar-refractivity contribution < 1.29 is 4.74 Å². The highest BCUT2D eigenvalue weighted by Gasteiger charge is 2.67.